The Morgan fingerprint density at radius 1 is 0.739 bits per heavy atom. The molecule has 0 radical (unpaired) electrons. The molecule has 1 aliphatic rings. The quantitative estimate of drug-likeness (QED) is 0.635. The third-order valence-corrected chi connectivity index (χ3v) is 4.28. The van der Waals surface area contributed by atoms with Crippen molar-refractivity contribution < 1.29 is 9.53 Å². The molecule has 0 saturated carbocycles. The zero-order valence-electron chi connectivity index (χ0n) is 12.6. The molecule has 1 aliphatic heterocycles. The Morgan fingerprint density at radius 3 is 2.17 bits per heavy atom. The molecule has 0 amide bonds. The molecule has 1 unspecified atom stereocenters. The van der Waals surface area contributed by atoms with Gasteiger partial charge in [-0.15, -0.1) is 0 Å². The van der Waals surface area contributed by atoms with Gasteiger partial charge >= 0.3 is 5.97 Å². The maximum Gasteiger partial charge on any atom is 0.339 e. The molecule has 0 bridgehead atoms. The molecule has 0 N–H and O–H groups in total. The molecule has 1 atom stereocenters. The molecule has 2 nitrogen and oxygen atoms in total. The summed E-state index contributed by atoms with van der Waals surface area (Å²) in [7, 11) is 0. The van der Waals surface area contributed by atoms with E-state index in [0.29, 0.717) is 5.56 Å². The van der Waals surface area contributed by atoms with Gasteiger partial charge in [0.1, 0.15) is 6.10 Å². The van der Waals surface area contributed by atoms with E-state index in [0.717, 1.165) is 23.1 Å². The number of hydrogen-bond donors (Lipinski definition) is 0. The van der Waals surface area contributed by atoms with E-state index >= 15 is 0 Å². The minimum atomic E-state index is -0.232. The Morgan fingerprint density at radius 2 is 1.39 bits per heavy atom. The first-order valence-corrected chi connectivity index (χ1v) is 7.75. The SMILES string of the molecule is O=C1OC(c2ccc(-c3ccccc3)cc2)Cc2ccccc21. The summed E-state index contributed by atoms with van der Waals surface area (Å²) in [6.07, 6.45) is 0.522. The fourth-order valence-electron chi connectivity index (χ4n) is 3.04. The second-order valence-corrected chi connectivity index (χ2v) is 5.74. The molecule has 23 heavy (non-hydrogen) atoms. The van der Waals surface area contributed by atoms with Gasteiger partial charge in [-0.2, -0.15) is 0 Å². The van der Waals surface area contributed by atoms with Gasteiger partial charge in [-0.1, -0.05) is 72.8 Å². The van der Waals surface area contributed by atoms with Crippen LogP contribution in [0.4, 0.5) is 0 Å². The Kier molecular flexibility index (Phi) is 3.43. The van der Waals surface area contributed by atoms with Crippen LogP contribution < -0.4 is 0 Å². The summed E-state index contributed by atoms with van der Waals surface area (Å²) >= 11 is 0. The van der Waals surface area contributed by atoms with Crippen LogP contribution in [0, 0.1) is 0 Å². The molecule has 0 aliphatic carbocycles. The third kappa shape index (κ3) is 2.64. The maximum absolute atomic E-state index is 12.1. The van der Waals surface area contributed by atoms with Crippen molar-refractivity contribution in [1.29, 1.82) is 0 Å². The normalized spacial score (nSPS) is 16.5. The van der Waals surface area contributed by atoms with Gasteiger partial charge in [0.25, 0.3) is 0 Å². The lowest BCUT2D eigenvalue weighted by molar-refractivity contribution is 0.0253. The average molecular weight is 300 g/mol. The number of ether oxygens (including phenoxy) is 1. The van der Waals surface area contributed by atoms with Crippen molar-refractivity contribution in [3.63, 3.8) is 0 Å². The van der Waals surface area contributed by atoms with Crippen molar-refractivity contribution in [3.8, 4) is 11.1 Å². The number of hydrogen-bond acceptors (Lipinski definition) is 2. The summed E-state index contributed by atoms with van der Waals surface area (Å²) in [6.45, 7) is 0. The number of cyclic esters (lactones) is 1. The number of esters is 1. The zero-order valence-corrected chi connectivity index (χ0v) is 12.6. The van der Waals surface area contributed by atoms with E-state index in [1.165, 1.54) is 5.56 Å². The highest BCUT2D eigenvalue weighted by atomic mass is 16.5. The lowest BCUT2D eigenvalue weighted by Crippen LogP contribution is -2.21. The summed E-state index contributed by atoms with van der Waals surface area (Å²) in [4.78, 5) is 12.1. The predicted octanol–water partition coefficient (Wildman–Crippen LogP) is 4.81. The molecule has 3 aromatic rings. The lowest BCUT2D eigenvalue weighted by Gasteiger charge is -2.25. The Bertz CT molecular complexity index is 835. The van der Waals surface area contributed by atoms with Crippen LogP contribution in [0.25, 0.3) is 11.1 Å². The summed E-state index contributed by atoms with van der Waals surface area (Å²) < 4.78 is 5.61. The minimum absolute atomic E-state index is 0.206. The maximum atomic E-state index is 12.1. The first-order chi connectivity index (χ1) is 11.3. The van der Waals surface area contributed by atoms with Gasteiger partial charge in [0.05, 0.1) is 5.56 Å². The van der Waals surface area contributed by atoms with Gasteiger partial charge < -0.3 is 4.74 Å². The number of carbonyl (C=O) groups is 1. The van der Waals surface area contributed by atoms with E-state index in [2.05, 4.69) is 24.3 Å². The molecule has 0 fully saturated rings. The van der Waals surface area contributed by atoms with Crippen LogP contribution in [0.2, 0.25) is 0 Å². The monoisotopic (exact) mass is 300 g/mol. The molecule has 0 saturated heterocycles. The molecule has 2 heteroatoms. The van der Waals surface area contributed by atoms with E-state index in [4.69, 9.17) is 4.74 Å². The second-order valence-electron chi connectivity index (χ2n) is 5.74. The van der Waals surface area contributed by atoms with Crippen molar-refractivity contribution in [2.75, 3.05) is 0 Å². The topological polar surface area (TPSA) is 26.3 Å². The minimum Gasteiger partial charge on any atom is -0.454 e. The van der Waals surface area contributed by atoms with Gasteiger partial charge in [0.2, 0.25) is 0 Å². The van der Waals surface area contributed by atoms with Gasteiger partial charge in [0, 0.05) is 6.42 Å². The standard InChI is InChI=1S/C21H16O2/c22-21-19-9-5-4-8-18(19)14-20(23-21)17-12-10-16(11-13-17)15-6-2-1-3-7-15/h1-13,20H,14H2. The molecule has 3 aromatic carbocycles. The highest BCUT2D eigenvalue weighted by Crippen LogP contribution is 2.31. The van der Waals surface area contributed by atoms with Crippen LogP contribution in [-0.4, -0.2) is 5.97 Å². The van der Waals surface area contributed by atoms with Crippen LogP contribution >= 0.6 is 0 Å². The Hall–Kier alpha value is -2.87. The van der Waals surface area contributed by atoms with Crippen LogP contribution in [0.15, 0.2) is 78.9 Å². The van der Waals surface area contributed by atoms with Gasteiger partial charge in [-0.25, -0.2) is 4.79 Å². The van der Waals surface area contributed by atoms with Gasteiger partial charge in [0.15, 0.2) is 0 Å². The highest BCUT2D eigenvalue weighted by Gasteiger charge is 2.26. The van der Waals surface area contributed by atoms with Crippen molar-refractivity contribution in [2.45, 2.75) is 12.5 Å². The van der Waals surface area contributed by atoms with E-state index in [9.17, 15) is 4.79 Å². The molecule has 1 heterocycles. The summed E-state index contributed by atoms with van der Waals surface area (Å²) in [5.41, 5.74) is 5.12. The lowest BCUT2D eigenvalue weighted by atomic mass is 9.94. The van der Waals surface area contributed by atoms with Crippen LogP contribution in [0.1, 0.15) is 27.6 Å². The van der Waals surface area contributed by atoms with Crippen molar-refractivity contribution >= 4 is 5.97 Å². The van der Waals surface area contributed by atoms with Crippen LogP contribution in [0.5, 0.6) is 0 Å². The fraction of sp³-hybridized carbons (Fsp3) is 0.0952. The van der Waals surface area contributed by atoms with Crippen LogP contribution in [0.3, 0.4) is 0 Å². The van der Waals surface area contributed by atoms with Crippen molar-refractivity contribution in [1.82, 2.24) is 0 Å². The van der Waals surface area contributed by atoms with E-state index in [1.54, 1.807) is 0 Å². The van der Waals surface area contributed by atoms with Crippen molar-refractivity contribution in [3.05, 3.63) is 95.6 Å². The van der Waals surface area contributed by atoms with E-state index in [1.807, 2.05) is 54.6 Å². The molecule has 0 spiro atoms. The third-order valence-electron chi connectivity index (χ3n) is 4.28. The Balaban J connectivity index is 1.61. The van der Waals surface area contributed by atoms with Crippen LogP contribution in [-0.2, 0) is 11.2 Å². The average Bonchev–Trinajstić information content (AvgIpc) is 2.63. The van der Waals surface area contributed by atoms with Crippen molar-refractivity contribution in [2.24, 2.45) is 0 Å². The zero-order chi connectivity index (χ0) is 15.6. The summed E-state index contributed by atoms with van der Waals surface area (Å²) in [5, 5.41) is 0. The molecule has 4 rings (SSSR count). The molecule has 112 valence electrons. The summed E-state index contributed by atoms with van der Waals surface area (Å²) in [6, 6.07) is 26.2. The first kappa shape index (κ1) is 13.8. The number of rotatable bonds is 2. The van der Waals surface area contributed by atoms with E-state index in [-0.39, 0.29) is 12.1 Å². The fourth-order valence-corrected chi connectivity index (χ4v) is 3.04. The highest BCUT2D eigenvalue weighted by molar-refractivity contribution is 5.92. The number of fused-ring (bicyclic) bond motifs is 1. The molecular weight excluding hydrogens is 284 g/mol. The van der Waals surface area contributed by atoms with Gasteiger partial charge in [-0.05, 0) is 28.3 Å². The number of carbonyl (C=O) groups excluding carboxylic acids is 1. The first-order valence-electron chi connectivity index (χ1n) is 7.75. The second kappa shape index (κ2) is 5.73. The smallest absolute Gasteiger partial charge is 0.339 e. The van der Waals surface area contributed by atoms with E-state index < -0.39 is 0 Å². The Labute approximate surface area is 135 Å². The van der Waals surface area contributed by atoms with Gasteiger partial charge in [-0.3, -0.25) is 0 Å². The predicted molar refractivity (Wildman–Crippen MR) is 90.2 cm³/mol. The largest absolute Gasteiger partial charge is 0.454 e. The molecule has 0 aromatic heterocycles. The number of benzene rings is 3. The molecular formula is C21H16O2. The summed E-state index contributed by atoms with van der Waals surface area (Å²) in [5.74, 6) is -0.232.